The first-order chi connectivity index (χ1) is 12.9. The first-order valence-corrected chi connectivity index (χ1v) is 8.31. The van der Waals surface area contributed by atoms with Gasteiger partial charge >= 0.3 is 11.9 Å². The van der Waals surface area contributed by atoms with Crippen LogP contribution in [0.1, 0.15) is 43.8 Å². The highest BCUT2D eigenvalue weighted by Crippen LogP contribution is 2.26. The highest BCUT2D eigenvalue weighted by atomic mass is 16.7. The SMILES string of the molecule is COC(=O)c1ccc(C(N)NOC(=O)c2cc3c(C)ccc(C)c3o2)cc1. The van der Waals surface area contributed by atoms with Gasteiger partial charge in [-0.05, 0) is 48.7 Å². The Labute approximate surface area is 156 Å². The number of esters is 1. The molecular formula is C20H20N2O5. The molecule has 3 N–H and O–H groups in total. The van der Waals surface area contributed by atoms with Crippen LogP contribution >= 0.6 is 0 Å². The lowest BCUT2D eigenvalue weighted by Crippen LogP contribution is -2.31. The van der Waals surface area contributed by atoms with E-state index in [0.29, 0.717) is 16.7 Å². The molecule has 0 bridgehead atoms. The number of hydrogen-bond acceptors (Lipinski definition) is 7. The highest BCUT2D eigenvalue weighted by molar-refractivity contribution is 5.94. The smallest absolute Gasteiger partial charge is 0.392 e. The molecule has 0 saturated carbocycles. The molecule has 0 radical (unpaired) electrons. The molecule has 140 valence electrons. The second-order valence-corrected chi connectivity index (χ2v) is 6.15. The number of carbonyl (C=O) groups is 2. The number of methoxy groups -OCH3 is 1. The standard InChI is InChI=1S/C20H20N2O5/c1-11-4-5-12(2)17-15(11)10-16(26-17)20(24)27-22-18(21)13-6-8-14(9-7-13)19(23)25-3/h4-10,18,22H,21H2,1-3H3. The van der Waals surface area contributed by atoms with E-state index in [0.717, 1.165) is 16.5 Å². The van der Waals surface area contributed by atoms with Gasteiger partial charge in [-0.3, -0.25) is 0 Å². The Bertz CT molecular complexity index is 953. The molecule has 0 amide bonds. The number of nitrogens with one attached hydrogen (secondary N) is 1. The minimum Gasteiger partial charge on any atom is -0.465 e. The van der Waals surface area contributed by atoms with Crippen LogP contribution in [0.3, 0.4) is 0 Å². The van der Waals surface area contributed by atoms with Gasteiger partial charge in [-0.1, -0.05) is 24.3 Å². The predicted molar refractivity (Wildman–Crippen MR) is 98.9 cm³/mol. The van der Waals surface area contributed by atoms with Crippen LogP contribution in [0.25, 0.3) is 11.0 Å². The van der Waals surface area contributed by atoms with Gasteiger partial charge in [0.25, 0.3) is 0 Å². The second-order valence-electron chi connectivity index (χ2n) is 6.15. The number of carbonyl (C=O) groups excluding carboxylic acids is 2. The summed E-state index contributed by atoms with van der Waals surface area (Å²) in [7, 11) is 1.31. The highest BCUT2D eigenvalue weighted by Gasteiger charge is 2.18. The third kappa shape index (κ3) is 3.84. The van der Waals surface area contributed by atoms with Crippen molar-refractivity contribution < 1.29 is 23.6 Å². The maximum Gasteiger partial charge on any atom is 0.392 e. The minimum absolute atomic E-state index is 0.0862. The van der Waals surface area contributed by atoms with Crippen molar-refractivity contribution in [1.82, 2.24) is 5.48 Å². The van der Waals surface area contributed by atoms with E-state index >= 15 is 0 Å². The van der Waals surface area contributed by atoms with Gasteiger partial charge in [0.1, 0.15) is 11.7 Å². The van der Waals surface area contributed by atoms with Crippen molar-refractivity contribution in [3.63, 3.8) is 0 Å². The van der Waals surface area contributed by atoms with Crippen molar-refractivity contribution in [3.8, 4) is 0 Å². The molecule has 0 saturated heterocycles. The third-order valence-corrected chi connectivity index (χ3v) is 4.27. The largest absolute Gasteiger partial charge is 0.465 e. The van der Waals surface area contributed by atoms with Gasteiger partial charge in [-0.15, -0.1) is 5.48 Å². The maximum atomic E-state index is 12.3. The fourth-order valence-electron chi connectivity index (χ4n) is 2.67. The van der Waals surface area contributed by atoms with Crippen LogP contribution < -0.4 is 11.2 Å². The van der Waals surface area contributed by atoms with E-state index in [4.69, 9.17) is 15.0 Å². The molecule has 1 unspecified atom stereocenters. The monoisotopic (exact) mass is 368 g/mol. The molecule has 0 aliphatic rings. The van der Waals surface area contributed by atoms with Crippen molar-refractivity contribution in [2.24, 2.45) is 5.73 Å². The van der Waals surface area contributed by atoms with Crippen molar-refractivity contribution in [2.75, 3.05) is 7.11 Å². The Morgan fingerprint density at radius 2 is 1.70 bits per heavy atom. The van der Waals surface area contributed by atoms with Crippen LogP contribution in [0.4, 0.5) is 0 Å². The Morgan fingerprint density at radius 3 is 2.33 bits per heavy atom. The van der Waals surface area contributed by atoms with Gasteiger partial charge in [0, 0.05) is 5.39 Å². The molecule has 7 heteroatoms. The van der Waals surface area contributed by atoms with Gasteiger partial charge < -0.3 is 19.7 Å². The van der Waals surface area contributed by atoms with E-state index in [2.05, 4.69) is 10.2 Å². The fraction of sp³-hybridized carbons (Fsp3) is 0.200. The van der Waals surface area contributed by atoms with E-state index in [1.165, 1.54) is 7.11 Å². The first-order valence-electron chi connectivity index (χ1n) is 8.31. The molecule has 27 heavy (non-hydrogen) atoms. The Balaban J connectivity index is 1.67. The first kappa shape index (κ1) is 18.6. The molecule has 0 aliphatic heterocycles. The fourth-order valence-corrected chi connectivity index (χ4v) is 2.67. The number of ether oxygens (including phenoxy) is 1. The summed E-state index contributed by atoms with van der Waals surface area (Å²) in [5.74, 6) is -1.03. The lowest BCUT2D eigenvalue weighted by molar-refractivity contribution is 0.0125. The lowest BCUT2D eigenvalue weighted by Gasteiger charge is -2.13. The Morgan fingerprint density at radius 1 is 1.04 bits per heavy atom. The van der Waals surface area contributed by atoms with Gasteiger partial charge in [0.05, 0.1) is 12.7 Å². The average Bonchev–Trinajstić information content (AvgIpc) is 3.15. The number of aryl methyl sites for hydroxylation is 2. The maximum absolute atomic E-state index is 12.3. The van der Waals surface area contributed by atoms with Crippen LogP contribution in [0.5, 0.6) is 0 Å². The Hall–Kier alpha value is -3.16. The van der Waals surface area contributed by atoms with E-state index in [1.807, 2.05) is 26.0 Å². The van der Waals surface area contributed by atoms with Crippen LogP contribution in [0.2, 0.25) is 0 Å². The summed E-state index contributed by atoms with van der Waals surface area (Å²) in [6.45, 7) is 3.85. The molecule has 1 atom stereocenters. The van der Waals surface area contributed by atoms with Crippen molar-refractivity contribution in [3.05, 3.63) is 70.5 Å². The van der Waals surface area contributed by atoms with Gasteiger partial charge in [-0.2, -0.15) is 0 Å². The summed E-state index contributed by atoms with van der Waals surface area (Å²) < 4.78 is 10.3. The van der Waals surface area contributed by atoms with E-state index in [9.17, 15) is 9.59 Å². The zero-order valence-corrected chi connectivity index (χ0v) is 15.2. The minimum atomic E-state index is -0.770. The van der Waals surface area contributed by atoms with E-state index < -0.39 is 18.1 Å². The van der Waals surface area contributed by atoms with Crippen molar-refractivity contribution >= 4 is 22.9 Å². The lowest BCUT2D eigenvalue weighted by atomic mass is 10.1. The number of rotatable bonds is 5. The summed E-state index contributed by atoms with van der Waals surface area (Å²) in [6, 6.07) is 12.0. The van der Waals surface area contributed by atoms with Crippen LogP contribution in [0, 0.1) is 13.8 Å². The molecule has 0 aliphatic carbocycles. The third-order valence-electron chi connectivity index (χ3n) is 4.27. The second kappa shape index (κ2) is 7.61. The van der Waals surface area contributed by atoms with Crippen LogP contribution in [0.15, 0.2) is 46.9 Å². The molecule has 7 nitrogen and oxygen atoms in total. The van der Waals surface area contributed by atoms with Gasteiger partial charge in [0.2, 0.25) is 5.76 Å². The summed E-state index contributed by atoms with van der Waals surface area (Å²) >= 11 is 0. The summed E-state index contributed by atoms with van der Waals surface area (Å²) in [4.78, 5) is 28.8. The summed E-state index contributed by atoms with van der Waals surface area (Å²) in [5, 5.41) is 0.865. The predicted octanol–water partition coefficient (Wildman–Crippen LogP) is 3.16. The van der Waals surface area contributed by atoms with Gasteiger partial charge in [-0.25, -0.2) is 9.59 Å². The number of hydroxylamine groups is 1. The molecule has 3 rings (SSSR count). The molecule has 3 aromatic rings. The molecular weight excluding hydrogens is 348 g/mol. The quantitative estimate of drug-likeness (QED) is 0.405. The van der Waals surface area contributed by atoms with Crippen LogP contribution in [-0.4, -0.2) is 19.0 Å². The normalized spacial score (nSPS) is 12.0. The van der Waals surface area contributed by atoms with E-state index in [-0.39, 0.29) is 5.76 Å². The molecule has 2 aromatic carbocycles. The van der Waals surface area contributed by atoms with Crippen LogP contribution in [-0.2, 0) is 9.57 Å². The van der Waals surface area contributed by atoms with Crippen molar-refractivity contribution in [2.45, 2.75) is 20.0 Å². The van der Waals surface area contributed by atoms with Gasteiger partial charge in [0.15, 0.2) is 0 Å². The van der Waals surface area contributed by atoms with Crippen molar-refractivity contribution in [1.29, 1.82) is 0 Å². The average molecular weight is 368 g/mol. The zero-order valence-electron chi connectivity index (χ0n) is 15.2. The molecule has 0 spiro atoms. The number of nitrogens with two attached hydrogens (primary N) is 1. The van der Waals surface area contributed by atoms with E-state index in [1.54, 1.807) is 30.3 Å². The number of fused-ring (bicyclic) bond motifs is 1. The summed E-state index contributed by atoms with van der Waals surface area (Å²) in [5.41, 5.74) is 12.1. The number of benzene rings is 2. The molecule has 0 fully saturated rings. The Kier molecular flexibility index (Phi) is 5.25. The number of hydrogen-bond donors (Lipinski definition) is 2. The topological polar surface area (TPSA) is 104 Å². The molecule has 1 heterocycles. The summed E-state index contributed by atoms with van der Waals surface area (Å²) in [6.07, 6.45) is -0.770. The zero-order chi connectivity index (χ0) is 19.6. The molecule has 1 aromatic heterocycles. The number of furan rings is 1.